The molecule has 7 rings (SSSR count). The number of aliphatic hydroxyl groups is 1. The van der Waals surface area contributed by atoms with E-state index in [9.17, 15) is 14.7 Å². The van der Waals surface area contributed by atoms with Crippen molar-refractivity contribution in [1.82, 2.24) is 24.8 Å². The first-order valence-electron chi connectivity index (χ1n) is 12.3. The molecule has 194 valence electrons. The summed E-state index contributed by atoms with van der Waals surface area (Å²) in [6.45, 7) is 1.11. The molecular weight excluding hydrogens is 480 g/mol. The van der Waals surface area contributed by atoms with Crippen molar-refractivity contribution in [3.63, 3.8) is 0 Å². The second kappa shape index (κ2) is 9.05. The number of esters is 1. The Kier molecular flexibility index (Phi) is 5.81. The van der Waals surface area contributed by atoms with Gasteiger partial charge in [0.05, 0.1) is 43.4 Å². The Hall–Kier alpha value is -3.61. The van der Waals surface area contributed by atoms with Gasteiger partial charge in [-0.05, 0) is 43.9 Å². The Morgan fingerprint density at radius 2 is 2.03 bits per heavy atom. The van der Waals surface area contributed by atoms with Crippen LogP contribution in [-0.2, 0) is 22.6 Å². The maximum absolute atomic E-state index is 12.7. The lowest BCUT2D eigenvalue weighted by Gasteiger charge is -2.55. The summed E-state index contributed by atoms with van der Waals surface area (Å²) in [6.07, 6.45) is 3.26. The molecule has 37 heavy (non-hydrogen) atoms. The van der Waals surface area contributed by atoms with E-state index in [0.717, 1.165) is 18.5 Å². The van der Waals surface area contributed by atoms with Crippen molar-refractivity contribution in [1.29, 1.82) is 0 Å². The first-order valence-corrected chi connectivity index (χ1v) is 12.3. The molecule has 12 heteroatoms. The van der Waals surface area contributed by atoms with Crippen molar-refractivity contribution in [3.8, 4) is 11.8 Å². The van der Waals surface area contributed by atoms with Gasteiger partial charge in [-0.15, -0.1) is 0 Å². The van der Waals surface area contributed by atoms with Crippen molar-refractivity contribution >= 4 is 22.8 Å². The molecule has 0 radical (unpaired) electrons. The number of hydrogen-bond donors (Lipinski definition) is 3. The van der Waals surface area contributed by atoms with E-state index in [1.807, 2.05) is 12.1 Å². The Labute approximate surface area is 212 Å². The molecule has 3 aromatic heterocycles. The minimum Gasteiger partial charge on any atom is -0.481 e. The molecule has 3 aliphatic heterocycles. The van der Waals surface area contributed by atoms with Crippen LogP contribution in [0.4, 0.5) is 5.69 Å². The molecule has 3 fully saturated rings. The first kappa shape index (κ1) is 23.8. The fourth-order valence-electron chi connectivity index (χ4n) is 5.41. The van der Waals surface area contributed by atoms with E-state index >= 15 is 0 Å². The maximum atomic E-state index is 12.7. The summed E-state index contributed by atoms with van der Waals surface area (Å²) < 4.78 is 18.2. The topological polar surface area (TPSA) is 150 Å². The van der Waals surface area contributed by atoms with Gasteiger partial charge in [0, 0.05) is 18.2 Å². The molecule has 0 amide bonds. The maximum Gasteiger partial charge on any atom is 0.332 e. The van der Waals surface area contributed by atoms with Crippen LogP contribution in [0, 0.1) is 0 Å². The van der Waals surface area contributed by atoms with Crippen molar-refractivity contribution in [3.05, 3.63) is 46.5 Å². The van der Waals surface area contributed by atoms with Crippen LogP contribution in [0.5, 0.6) is 11.8 Å². The van der Waals surface area contributed by atoms with Gasteiger partial charge in [0.15, 0.2) is 5.65 Å². The van der Waals surface area contributed by atoms with Crippen LogP contribution < -0.4 is 25.7 Å². The molecular formula is C25H28N6O6. The number of carbonyl (C=O) groups is 1. The highest BCUT2D eigenvalue weighted by Crippen LogP contribution is 2.46. The summed E-state index contributed by atoms with van der Waals surface area (Å²) in [6, 6.07) is 7.17. The zero-order valence-electron chi connectivity index (χ0n) is 20.4. The van der Waals surface area contributed by atoms with Crippen molar-refractivity contribution in [2.24, 2.45) is 0 Å². The normalized spacial score (nSPS) is 25.3. The third-order valence-electron chi connectivity index (χ3n) is 7.72. The number of fused-ring (bicyclic) bond motifs is 5. The van der Waals surface area contributed by atoms with Gasteiger partial charge in [0.1, 0.15) is 18.2 Å². The standard InChI is InChI=1S/C25H28N6O6/c1-35-19-5-4-16-22(30-19)31(20(33)11-26-16)13-18(32)25-8-6-24(7-9-25,14-36-25)28-10-15-2-3-17-23(29-15)37-21(34)12-27-17/h2-5,11,18,27-28,32H,6-10,12-14H2,1H3. The monoisotopic (exact) mass is 508 g/mol. The molecule has 2 saturated heterocycles. The molecule has 1 saturated carbocycles. The minimum atomic E-state index is -0.897. The molecule has 0 spiro atoms. The molecule has 1 atom stereocenters. The van der Waals surface area contributed by atoms with Gasteiger partial charge in [-0.2, -0.15) is 4.98 Å². The summed E-state index contributed by atoms with van der Waals surface area (Å²) in [4.78, 5) is 37.2. The van der Waals surface area contributed by atoms with E-state index in [-0.39, 0.29) is 30.2 Å². The molecule has 3 N–H and O–H groups in total. The smallest absolute Gasteiger partial charge is 0.332 e. The van der Waals surface area contributed by atoms with E-state index in [4.69, 9.17) is 14.2 Å². The van der Waals surface area contributed by atoms with Gasteiger partial charge in [-0.3, -0.25) is 9.36 Å². The van der Waals surface area contributed by atoms with E-state index in [2.05, 4.69) is 25.6 Å². The number of ether oxygens (including phenoxy) is 3. The molecule has 3 aromatic rings. The highest BCUT2D eigenvalue weighted by molar-refractivity contribution is 5.82. The molecule has 1 aliphatic carbocycles. The third kappa shape index (κ3) is 4.30. The van der Waals surface area contributed by atoms with E-state index in [1.165, 1.54) is 17.9 Å². The van der Waals surface area contributed by atoms with E-state index in [0.29, 0.717) is 54.6 Å². The first-order chi connectivity index (χ1) is 17.9. The van der Waals surface area contributed by atoms with Gasteiger partial charge in [0.2, 0.25) is 11.8 Å². The fourth-order valence-corrected chi connectivity index (χ4v) is 5.41. The van der Waals surface area contributed by atoms with Crippen LogP contribution in [0.15, 0.2) is 35.3 Å². The third-order valence-corrected chi connectivity index (χ3v) is 7.72. The number of hydrogen-bond acceptors (Lipinski definition) is 11. The fraction of sp³-hybridized carbons (Fsp3) is 0.480. The predicted octanol–water partition coefficient (Wildman–Crippen LogP) is 0.758. The summed E-state index contributed by atoms with van der Waals surface area (Å²) in [7, 11) is 1.51. The summed E-state index contributed by atoms with van der Waals surface area (Å²) in [5, 5.41) is 17.9. The van der Waals surface area contributed by atoms with Crippen molar-refractivity contribution in [2.45, 2.75) is 56.0 Å². The van der Waals surface area contributed by atoms with Crippen LogP contribution >= 0.6 is 0 Å². The number of methoxy groups -OCH3 is 1. The van der Waals surface area contributed by atoms with Gasteiger partial charge in [0.25, 0.3) is 5.56 Å². The molecule has 12 nitrogen and oxygen atoms in total. The number of aliphatic hydroxyl groups excluding tert-OH is 1. The Balaban J connectivity index is 1.13. The van der Waals surface area contributed by atoms with Gasteiger partial charge in [-0.1, -0.05) is 0 Å². The highest BCUT2D eigenvalue weighted by atomic mass is 16.5. The number of nitrogens with zero attached hydrogens (tertiary/aromatic N) is 4. The predicted molar refractivity (Wildman–Crippen MR) is 131 cm³/mol. The number of aromatic nitrogens is 4. The van der Waals surface area contributed by atoms with Crippen LogP contribution in [0.3, 0.4) is 0 Å². The van der Waals surface area contributed by atoms with Crippen LogP contribution in [-0.4, -0.2) is 68.1 Å². The quantitative estimate of drug-likeness (QED) is 0.388. The summed E-state index contributed by atoms with van der Waals surface area (Å²) in [5.41, 5.74) is 1.06. The van der Waals surface area contributed by atoms with E-state index < -0.39 is 11.7 Å². The molecule has 2 bridgehead atoms. The second-order valence-electron chi connectivity index (χ2n) is 9.89. The lowest BCUT2D eigenvalue weighted by molar-refractivity contribution is -0.211. The molecule has 6 heterocycles. The number of pyridine rings is 2. The Morgan fingerprint density at radius 1 is 1.19 bits per heavy atom. The summed E-state index contributed by atoms with van der Waals surface area (Å²) >= 11 is 0. The number of carbonyl (C=O) groups excluding carboxylic acids is 1. The summed E-state index contributed by atoms with van der Waals surface area (Å²) in [5.74, 6) is 0.305. The number of nitrogens with one attached hydrogen (secondary N) is 2. The lowest BCUT2D eigenvalue weighted by Crippen LogP contribution is -2.65. The highest BCUT2D eigenvalue weighted by Gasteiger charge is 2.53. The van der Waals surface area contributed by atoms with Gasteiger partial charge >= 0.3 is 5.97 Å². The average Bonchev–Trinajstić information content (AvgIpc) is 2.94. The molecule has 0 aromatic carbocycles. The average molecular weight is 509 g/mol. The largest absolute Gasteiger partial charge is 0.481 e. The van der Waals surface area contributed by atoms with Crippen LogP contribution in [0.25, 0.3) is 11.2 Å². The number of rotatable bonds is 7. The zero-order valence-corrected chi connectivity index (χ0v) is 20.4. The molecule has 4 aliphatic rings. The van der Waals surface area contributed by atoms with Crippen molar-refractivity contribution in [2.75, 3.05) is 25.6 Å². The minimum absolute atomic E-state index is 0.0459. The Bertz CT molecular complexity index is 1400. The van der Waals surface area contributed by atoms with E-state index in [1.54, 1.807) is 12.1 Å². The van der Waals surface area contributed by atoms with Gasteiger partial charge < -0.3 is 30.0 Å². The molecule has 1 unspecified atom stereocenters. The van der Waals surface area contributed by atoms with Crippen LogP contribution in [0.1, 0.15) is 31.4 Å². The van der Waals surface area contributed by atoms with Crippen molar-refractivity contribution < 1.29 is 24.1 Å². The Morgan fingerprint density at radius 3 is 2.78 bits per heavy atom. The van der Waals surface area contributed by atoms with Crippen LogP contribution in [0.2, 0.25) is 0 Å². The van der Waals surface area contributed by atoms with Gasteiger partial charge in [-0.25, -0.2) is 14.8 Å². The lowest BCUT2D eigenvalue weighted by atomic mass is 9.69. The second-order valence-corrected chi connectivity index (χ2v) is 9.89. The zero-order chi connectivity index (χ0) is 25.6. The SMILES string of the molecule is COc1ccc2ncc(=O)n(CC(O)C34CCC(NCc5ccc6c(n5)OC(=O)CN6)(CC3)CO4)c2n1. The number of anilines is 1.